The molecule has 1 aromatic carbocycles. The Hall–Kier alpha value is -1.75. The SMILES string of the molecule is CCCN(CC(=O)NC)C(=O)c1cc(O)ccc1Cl. The predicted octanol–water partition coefficient (Wildman–Crippen LogP) is 1.64. The van der Waals surface area contributed by atoms with Gasteiger partial charge in [-0.2, -0.15) is 0 Å². The maximum Gasteiger partial charge on any atom is 0.255 e. The lowest BCUT2D eigenvalue weighted by molar-refractivity contribution is -0.121. The topological polar surface area (TPSA) is 69.6 Å². The van der Waals surface area contributed by atoms with E-state index in [1.165, 1.54) is 30.1 Å². The van der Waals surface area contributed by atoms with Crippen LogP contribution in [0.2, 0.25) is 5.02 Å². The Morgan fingerprint density at radius 2 is 2.11 bits per heavy atom. The van der Waals surface area contributed by atoms with Crippen LogP contribution in [-0.4, -0.2) is 42.0 Å². The van der Waals surface area contributed by atoms with E-state index in [-0.39, 0.29) is 34.7 Å². The minimum absolute atomic E-state index is 0.0326. The van der Waals surface area contributed by atoms with Crippen LogP contribution in [0.3, 0.4) is 0 Å². The molecule has 0 heterocycles. The number of carbonyl (C=O) groups excluding carboxylic acids is 2. The van der Waals surface area contributed by atoms with E-state index in [4.69, 9.17) is 11.6 Å². The third-order valence-corrected chi connectivity index (χ3v) is 2.90. The molecule has 0 spiro atoms. The Bertz CT molecular complexity index is 477. The van der Waals surface area contributed by atoms with Gasteiger partial charge in [-0.05, 0) is 24.6 Å². The van der Waals surface area contributed by atoms with Crippen LogP contribution in [0.5, 0.6) is 5.75 Å². The molecule has 19 heavy (non-hydrogen) atoms. The number of nitrogens with zero attached hydrogens (tertiary/aromatic N) is 1. The van der Waals surface area contributed by atoms with Gasteiger partial charge in [-0.1, -0.05) is 18.5 Å². The van der Waals surface area contributed by atoms with Gasteiger partial charge in [0, 0.05) is 13.6 Å². The van der Waals surface area contributed by atoms with E-state index in [9.17, 15) is 14.7 Å². The second-order valence-corrected chi connectivity index (χ2v) is 4.47. The number of hydrogen-bond donors (Lipinski definition) is 2. The van der Waals surface area contributed by atoms with Gasteiger partial charge in [-0.25, -0.2) is 0 Å². The molecular weight excluding hydrogens is 268 g/mol. The van der Waals surface area contributed by atoms with Crippen molar-refractivity contribution in [3.05, 3.63) is 28.8 Å². The highest BCUT2D eigenvalue weighted by atomic mass is 35.5. The smallest absolute Gasteiger partial charge is 0.255 e. The van der Waals surface area contributed by atoms with E-state index in [0.717, 1.165) is 6.42 Å². The molecule has 5 nitrogen and oxygen atoms in total. The number of phenols is 1. The lowest BCUT2D eigenvalue weighted by Gasteiger charge is -2.21. The Labute approximate surface area is 117 Å². The van der Waals surface area contributed by atoms with Crippen LogP contribution in [0.15, 0.2) is 18.2 Å². The summed E-state index contributed by atoms with van der Waals surface area (Å²) in [4.78, 5) is 25.1. The van der Waals surface area contributed by atoms with Gasteiger partial charge in [0.25, 0.3) is 5.91 Å². The molecule has 0 bridgehead atoms. The number of amides is 2. The molecule has 0 aliphatic carbocycles. The normalized spacial score (nSPS) is 10.1. The third kappa shape index (κ3) is 4.13. The molecule has 0 fully saturated rings. The number of hydrogen-bond acceptors (Lipinski definition) is 3. The molecule has 0 atom stereocenters. The highest BCUT2D eigenvalue weighted by molar-refractivity contribution is 6.33. The van der Waals surface area contributed by atoms with Crippen LogP contribution < -0.4 is 5.32 Å². The molecule has 1 rings (SSSR count). The van der Waals surface area contributed by atoms with Crippen molar-refractivity contribution in [2.24, 2.45) is 0 Å². The summed E-state index contributed by atoms with van der Waals surface area (Å²) in [6, 6.07) is 4.16. The zero-order chi connectivity index (χ0) is 14.4. The van der Waals surface area contributed by atoms with Gasteiger partial charge in [-0.3, -0.25) is 9.59 Å². The maximum absolute atomic E-state index is 12.3. The van der Waals surface area contributed by atoms with Gasteiger partial charge >= 0.3 is 0 Å². The summed E-state index contributed by atoms with van der Waals surface area (Å²) in [5, 5.41) is 12.1. The maximum atomic E-state index is 12.3. The fourth-order valence-electron chi connectivity index (χ4n) is 1.62. The Morgan fingerprint density at radius 3 is 2.68 bits per heavy atom. The largest absolute Gasteiger partial charge is 0.508 e. The molecule has 6 heteroatoms. The van der Waals surface area contributed by atoms with Crippen molar-refractivity contribution in [1.82, 2.24) is 10.2 Å². The number of nitrogens with one attached hydrogen (secondary N) is 1. The zero-order valence-electron chi connectivity index (χ0n) is 10.9. The second-order valence-electron chi connectivity index (χ2n) is 4.06. The van der Waals surface area contributed by atoms with Crippen molar-refractivity contribution in [2.45, 2.75) is 13.3 Å². The van der Waals surface area contributed by atoms with Crippen molar-refractivity contribution in [1.29, 1.82) is 0 Å². The molecule has 0 saturated heterocycles. The quantitative estimate of drug-likeness (QED) is 0.864. The Kier molecular flexibility index (Phi) is 5.63. The Balaban J connectivity index is 2.98. The molecule has 1 aromatic rings. The molecule has 104 valence electrons. The van der Waals surface area contributed by atoms with Gasteiger partial charge in [0.2, 0.25) is 5.91 Å². The van der Waals surface area contributed by atoms with Crippen LogP contribution in [0.1, 0.15) is 23.7 Å². The molecule has 0 saturated carbocycles. The lowest BCUT2D eigenvalue weighted by atomic mass is 10.1. The molecule has 0 radical (unpaired) electrons. The average Bonchev–Trinajstić information content (AvgIpc) is 2.40. The molecule has 0 aliphatic heterocycles. The number of benzene rings is 1. The first-order chi connectivity index (χ1) is 8.99. The molecule has 2 amide bonds. The van der Waals surface area contributed by atoms with Crippen molar-refractivity contribution < 1.29 is 14.7 Å². The summed E-state index contributed by atoms with van der Waals surface area (Å²) >= 11 is 5.95. The highest BCUT2D eigenvalue weighted by Gasteiger charge is 2.20. The molecule has 0 aromatic heterocycles. The standard InChI is InChI=1S/C13H17ClN2O3/c1-3-6-16(8-12(18)15-2)13(19)10-7-9(17)4-5-11(10)14/h4-5,7,17H,3,6,8H2,1-2H3,(H,15,18). The van der Waals surface area contributed by atoms with E-state index >= 15 is 0 Å². The number of aromatic hydroxyl groups is 1. The number of carbonyl (C=O) groups is 2. The Morgan fingerprint density at radius 1 is 1.42 bits per heavy atom. The molecule has 2 N–H and O–H groups in total. The van der Waals surface area contributed by atoms with Crippen molar-refractivity contribution >= 4 is 23.4 Å². The predicted molar refractivity (Wildman–Crippen MR) is 73.4 cm³/mol. The van der Waals surface area contributed by atoms with Gasteiger partial charge < -0.3 is 15.3 Å². The van der Waals surface area contributed by atoms with Crippen LogP contribution in [0, 0.1) is 0 Å². The van der Waals surface area contributed by atoms with E-state index in [1.807, 2.05) is 6.92 Å². The first-order valence-electron chi connectivity index (χ1n) is 5.98. The van der Waals surface area contributed by atoms with E-state index in [0.29, 0.717) is 6.54 Å². The number of halogens is 1. The van der Waals surface area contributed by atoms with Gasteiger partial charge in [0.05, 0.1) is 17.1 Å². The van der Waals surface area contributed by atoms with Gasteiger partial charge in [-0.15, -0.1) is 0 Å². The third-order valence-electron chi connectivity index (χ3n) is 2.57. The number of likely N-dealkylation sites (N-methyl/N-ethyl adjacent to an activating group) is 1. The van der Waals surface area contributed by atoms with Crippen LogP contribution >= 0.6 is 11.6 Å². The van der Waals surface area contributed by atoms with Crippen molar-refractivity contribution in [3.8, 4) is 5.75 Å². The summed E-state index contributed by atoms with van der Waals surface area (Å²) in [6.45, 7) is 2.32. The molecular formula is C13H17ClN2O3. The first-order valence-corrected chi connectivity index (χ1v) is 6.35. The minimum atomic E-state index is -0.369. The second kappa shape index (κ2) is 6.99. The fraction of sp³-hybridized carbons (Fsp3) is 0.385. The first kappa shape index (κ1) is 15.3. The summed E-state index contributed by atoms with van der Waals surface area (Å²) in [5.74, 6) is -0.659. The zero-order valence-corrected chi connectivity index (χ0v) is 11.7. The van der Waals surface area contributed by atoms with E-state index in [1.54, 1.807) is 0 Å². The van der Waals surface area contributed by atoms with Crippen molar-refractivity contribution in [2.75, 3.05) is 20.1 Å². The van der Waals surface area contributed by atoms with Gasteiger partial charge in [0.15, 0.2) is 0 Å². The summed E-state index contributed by atoms with van der Waals surface area (Å²) < 4.78 is 0. The minimum Gasteiger partial charge on any atom is -0.508 e. The van der Waals surface area contributed by atoms with E-state index in [2.05, 4.69) is 5.32 Å². The van der Waals surface area contributed by atoms with Crippen LogP contribution in [-0.2, 0) is 4.79 Å². The molecule has 0 aliphatic rings. The lowest BCUT2D eigenvalue weighted by Crippen LogP contribution is -2.40. The number of rotatable bonds is 5. The summed E-state index contributed by atoms with van der Waals surface area (Å²) in [7, 11) is 1.51. The van der Waals surface area contributed by atoms with E-state index < -0.39 is 0 Å². The van der Waals surface area contributed by atoms with Crippen LogP contribution in [0.25, 0.3) is 0 Å². The summed E-state index contributed by atoms with van der Waals surface area (Å²) in [5.41, 5.74) is 0.194. The van der Waals surface area contributed by atoms with Gasteiger partial charge in [0.1, 0.15) is 5.75 Å². The fourth-order valence-corrected chi connectivity index (χ4v) is 1.82. The molecule has 0 unspecified atom stereocenters. The number of phenolic OH excluding ortho intramolecular Hbond substituents is 1. The highest BCUT2D eigenvalue weighted by Crippen LogP contribution is 2.22. The monoisotopic (exact) mass is 284 g/mol. The summed E-state index contributed by atoms with van der Waals surface area (Å²) in [6.07, 6.45) is 0.721. The van der Waals surface area contributed by atoms with Crippen molar-refractivity contribution in [3.63, 3.8) is 0 Å². The average molecular weight is 285 g/mol. The van der Waals surface area contributed by atoms with Crippen LogP contribution in [0.4, 0.5) is 0 Å².